The van der Waals surface area contributed by atoms with Crippen molar-refractivity contribution >= 4 is 0 Å². The lowest BCUT2D eigenvalue weighted by Crippen LogP contribution is -2.30. The minimum atomic E-state index is 0.255. The summed E-state index contributed by atoms with van der Waals surface area (Å²) in [6.45, 7) is 4.00. The van der Waals surface area contributed by atoms with Crippen LogP contribution in [0.5, 0.6) is 0 Å². The number of hydrogen-bond donors (Lipinski definition) is 0. The molecule has 112 valence electrons. The van der Waals surface area contributed by atoms with Crippen molar-refractivity contribution in [1.29, 1.82) is 0 Å². The zero-order valence-electron chi connectivity index (χ0n) is 13.5. The Morgan fingerprint density at radius 3 is 2.29 bits per heavy atom. The molecule has 2 aliphatic rings. The predicted molar refractivity (Wildman–Crippen MR) is 93.5 cm³/mol. The number of hydrogen-bond acceptors (Lipinski definition) is 0. The summed E-state index contributed by atoms with van der Waals surface area (Å²) in [6.07, 6.45) is 19.2. The van der Waals surface area contributed by atoms with E-state index in [0.29, 0.717) is 0 Å². The highest BCUT2D eigenvalue weighted by Gasteiger charge is 2.36. The second-order valence-corrected chi connectivity index (χ2v) is 5.70. The first kappa shape index (κ1) is 15.8. The normalized spacial score (nSPS) is 20.0. The van der Waals surface area contributed by atoms with E-state index in [1.54, 1.807) is 0 Å². The molecule has 1 saturated carbocycles. The van der Waals surface area contributed by atoms with Crippen molar-refractivity contribution in [2.75, 3.05) is 0 Å². The number of rotatable bonds is 2. The van der Waals surface area contributed by atoms with Gasteiger partial charge in [-0.15, -0.1) is 0 Å². The fraction of sp³-hybridized carbons (Fsp3) is 0.429. The van der Waals surface area contributed by atoms with Gasteiger partial charge in [-0.3, -0.25) is 0 Å². The first-order chi connectivity index (χ1) is 10.4. The lowest BCUT2D eigenvalue weighted by atomic mass is 9.64. The van der Waals surface area contributed by atoms with Crippen molar-refractivity contribution in [3.63, 3.8) is 0 Å². The van der Waals surface area contributed by atoms with Gasteiger partial charge in [-0.25, -0.2) is 0 Å². The minimum Gasteiger partial charge on any atom is -0.0807 e. The highest BCUT2D eigenvalue weighted by molar-refractivity contribution is 5.44. The Morgan fingerprint density at radius 1 is 0.857 bits per heavy atom. The SMILES string of the molecule is C1=CCC=CC(C2(c3ccccc3)CCCCC2)=C1.CC. The molecule has 1 aromatic rings. The zero-order valence-corrected chi connectivity index (χ0v) is 13.5. The Bertz CT molecular complexity index is 496. The molecule has 0 nitrogen and oxygen atoms in total. The maximum atomic E-state index is 2.36. The zero-order chi connectivity index (χ0) is 15.0. The summed E-state index contributed by atoms with van der Waals surface area (Å²) in [6, 6.07) is 11.1. The quantitative estimate of drug-likeness (QED) is 0.591. The Morgan fingerprint density at radius 2 is 1.57 bits per heavy atom. The van der Waals surface area contributed by atoms with Crippen LogP contribution >= 0.6 is 0 Å². The predicted octanol–water partition coefficient (Wildman–Crippen LogP) is 6.36. The number of benzene rings is 1. The average Bonchev–Trinajstić information content (AvgIpc) is 2.88. The Balaban J connectivity index is 0.000000774. The van der Waals surface area contributed by atoms with E-state index in [4.69, 9.17) is 0 Å². The van der Waals surface area contributed by atoms with Crippen LogP contribution < -0.4 is 0 Å². The molecule has 0 amide bonds. The summed E-state index contributed by atoms with van der Waals surface area (Å²) in [5.41, 5.74) is 3.26. The van der Waals surface area contributed by atoms with Crippen LogP contribution in [-0.2, 0) is 5.41 Å². The van der Waals surface area contributed by atoms with Crippen LogP contribution in [0.15, 0.2) is 66.3 Å². The summed E-state index contributed by atoms with van der Waals surface area (Å²) < 4.78 is 0. The Hall–Kier alpha value is -1.56. The maximum absolute atomic E-state index is 2.36. The van der Waals surface area contributed by atoms with Crippen molar-refractivity contribution in [2.24, 2.45) is 0 Å². The Labute approximate surface area is 130 Å². The summed E-state index contributed by atoms with van der Waals surface area (Å²) in [5, 5.41) is 0. The molecule has 2 aliphatic carbocycles. The van der Waals surface area contributed by atoms with E-state index < -0.39 is 0 Å². The lowest BCUT2D eigenvalue weighted by molar-refractivity contribution is 0.345. The second-order valence-electron chi connectivity index (χ2n) is 5.70. The van der Waals surface area contributed by atoms with Crippen molar-refractivity contribution in [1.82, 2.24) is 0 Å². The molecule has 0 heteroatoms. The lowest BCUT2D eigenvalue weighted by Gasteiger charge is -2.39. The van der Waals surface area contributed by atoms with Crippen molar-refractivity contribution in [3.8, 4) is 0 Å². The van der Waals surface area contributed by atoms with Gasteiger partial charge in [0.1, 0.15) is 0 Å². The van der Waals surface area contributed by atoms with E-state index in [2.05, 4.69) is 60.7 Å². The van der Waals surface area contributed by atoms with Crippen LogP contribution in [0.3, 0.4) is 0 Å². The molecule has 3 rings (SSSR count). The van der Waals surface area contributed by atoms with Crippen molar-refractivity contribution in [2.45, 2.75) is 57.8 Å². The highest BCUT2D eigenvalue weighted by atomic mass is 14.4. The third kappa shape index (κ3) is 3.56. The van der Waals surface area contributed by atoms with E-state index in [0.717, 1.165) is 6.42 Å². The molecule has 0 N–H and O–H groups in total. The largest absolute Gasteiger partial charge is 0.0807 e. The van der Waals surface area contributed by atoms with Gasteiger partial charge in [-0.05, 0) is 30.4 Å². The van der Waals surface area contributed by atoms with Gasteiger partial charge in [0.2, 0.25) is 0 Å². The van der Waals surface area contributed by atoms with Crippen LogP contribution in [0.2, 0.25) is 0 Å². The monoisotopic (exact) mass is 280 g/mol. The van der Waals surface area contributed by atoms with Crippen LogP contribution in [0.1, 0.15) is 57.9 Å². The summed E-state index contributed by atoms with van der Waals surface area (Å²) in [7, 11) is 0. The highest BCUT2D eigenvalue weighted by Crippen LogP contribution is 2.45. The van der Waals surface area contributed by atoms with E-state index >= 15 is 0 Å². The average molecular weight is 280 g/mol. The van der Waals surface area contributed by atoms with Crippen LogP contribution in [0.4, 0.5) is 0 Å². The topological polar surface area (TPSA) is 0 Å². The van der Waals surface area contributed by atoms with Crippen LogP contribution in [0, 0.1) is 0 Å². The molecule has 0 unspecified atom stereocenters. The first-order valence-electron chi connectivity index (χ1n) is 8.51. The molecule has 0 spiro atoms. The van der Waals surface area contributed by atoms with E-state index in [9.17, 15) is 0 Å². The van der Waals surface area contributed by atoms with Crippen LogP contribution in [-0.4, -0.2) is 0 Å². The van der Waals surface area contributed by atoms with Gasteiger partial charge in [0.15, 0.2) is 0 Å². The molecule has 0 radical (unpaired) electrons. The first-order valence-corrected chi connectivity index (χ1v) is 8.51. The number of allylic oxidation sites excluding steroid dienone is 6. The molecule has 0 aliphatic heterocycles. The van der Waals surface area contributed by atoms with Gasteiger partial charge in [0.25, 0.3) is 0 Å². The summed E-state index contributed by atoms with van der Waals surface area (Å²) in [5.74, 6) is 0. The fourth-order valence-electron chi connectivity index (χ4n) is 3.55. The molecule has 0 atom stereocenters. The van der Waals surface area contributed by atoms with Gasteiger partial charge in [0, 0.05) is 5.41 Å². The molecule has 1 aromatic carbocycles. The minimum absolute atomic E-state index is 0.255. The van der Waals surface area contributed by atoms with Crippen molar-refractivity contribution < 1.29 is 0 Å². The second kappa shape index (κ2) is 8.02. The van der Waals surface area contributed by atoms with E-state index in [1.807, 2.05) is 13.8 Å². The van der Waals surface area contributed by atoms with Gasteiger partial charge in [0.05, 0.1) is 0 Å². The Kier molecular flexibility index (Phi) is 6.04. The smallest absolute Gasteiger partial charge is 0.0202 e. The molecule has 0 saturated heterocycles. The maximum Gasteiger partial charge on any atom is 0.0202 e. The third-order valence-corrected chi connectivity index (χ3v) is 4.57. The van der Waals surface area contributed by atoms with Gasteiger partial charge in [-0.1, -0.05) is 93.8 Å². The van der Waals surface area contributed by atoms with Crippen molar-refractivity contribution in [3.05, 3.63) is 71.8 Å². The molecular weight excluding hydrogens is 252 g/mol. The van der Waals surface area contributed by atoms with Gasteiger partial charge >= 0.3 is 0 Å². The third-order valence-electron chi connectivity index (χ3n) is 4.57. The van der Waals surface area contributed by atoms with E-state index in [1.165, 1.54) is 43.2 Å². The standard InChI is InChI=1S/C19H22.C2H6/c1-2-6-12-17(11-5-1)19(15-9-4-10-16-19)18-13-7-3-8-14-18;1-2/h1,3,5-8,11-14H,2,4,9-10,15-16H2;1-2H3. The molecule has 21 heavy (non-hydrogen) atoms. The summed E-state index contributed by atoms with van der Waals surface area (Å²) in [4.78, 5) is 0. The molecule has 1 fully saturated rings. The molecular formula is C21H28. The van der Waals surface area contributed by atoms with Gasteiger partial charge < -0.3 is 0 Å². The summed E-state index contributed by atoms with van der Waals surface area (Å²) >= 11 is 0. The molecule has 0 bridgehead atoms. The molecule has 0 aromatic heterocycles. The van der Waals surface area contributed by atoms with E-state index in [-0.39, 0.29) is 5.41 Å². The van der Waals surface area contributed by atoms with Gasteiger partial charge in [-0.2, -0.15) is 0 Å². The van der Waals surface area contributed by atoms with Crippen LogP contribution in [0.25, 0.3) is 0 Å². The molecule has 0 heterocycles. The fourth-order valence-corrected chi connectivity index (χ4v) is 3.55.